The number of aryl methyl sites for hydroxylation is 2. The fraction of sp³-hybridized carbons (Fsp3) is 0.167. The molecule has 26 heavy (non-hydrogen) atoms. The zero-order valence-electron chi connectivity index (χ0n) is 14.0. The van der Waals surface area contributed by atoms with Crippen molar-refractivity contribution in [1.82, 2.24) is 10.2 Å². The summed E-state index contributed by atoms with van der Waals surface area (Å²) in [6.45, 7) is 4.03. The summed E-state index contributed by atoms with van der Waals surface area (Å²) in [6, 6.07) is 10.8. The van der Waals surface area contributed by atoms with E-state index in [1.165, 1.54) is 5.56 Å². The number of amides is 1. The molecule has 1 amide bonds. The van der Waals surface area contributed by atoms with Crippen LogP contribution in [-0.2, 0) is 4.79 Å². The SMILES string of the molecule is Cc1ccc(NC(=O)CSc2nnc(-c3ccc(Cl)cc3Cl)o2)cc1C. The van der Waals surface area contributed by atoms with Gasteiger partial charge in [0.05, 0.1) is 16.3 Å². The van der Waals surface area contributed by atoms with Gasteiger partial charge in [-0.05, 0) is 55.3 Å². The smallest absolute Gasteiger partial charge is 0.277 e. The third-order valence-corrected chi connectivity index (χ3v) is 5.05. The second-order valence-corrected chi connectivity index (χ2v) is 7.40. The lowest BCUT2D eigenvalue weighted by Crippen LogP contribution is -2.14. The van der Waals surface area contributed by atoms with Gasteiger partial charge in [0.2, 0.25) is 11.8 Å². The monoisotopic (exact) mass is 407 g/mol. The Hall–Kier alpha value is -2.02. The topological polar surface area (TPSA) is 68.0 Å². The molecule has 5 nitrogen and oxygen atoms in total. The lowest BCUT2D eigenvalue weighted by Gasteiger charge is -2.06. The molecule has 2 aromatic carbocycles. The first-order valence-corrected chi connectivity index (χ1v) is 9.45. The van der Waals surface area contributed by atoms with E-state index in [1.807, 2.05) is 32.0 Å². The van der Waals surface area contributed by atoms with Crippen LogP contribution in [0.3, 0.4) is 0 Å². The number of nitrogens with zero attached hydrogens (tertiary/aromatic N) is 2. The minimum absolute atomic E-state index is 0.150. The molecule has 8 heteroatoms. The average Bonchev–Trinajstić information content (AvgIpc) is 3.05. The number of thioether (sulfide) groups is 1. The normalized spacial score (nSPS) is 10.8. The first-order valence-electron chi connectivity index (χ1n) is 7.71. The van der Waals surface area contributed by atoms with Gasteiger partial charge in [-0.2, -0.15) is 0 Å². The van der Waals surface area contributed by atoms with Crippen molar-refractivity contribution in [1.29, 1.82) is 0 Å². The standard InChI is InChI=1S/C18H15Cl2N3O2S/c1-10-3-5-13(7-11(10)2)21-16(24)9-26-18-23-22-17(25-18)14-6-4-12(19)8-15(14)20/h3-8H,9H2,1-2H3,(H,21,24). The molecule has 0 spiro atoms. The molecular formula is C18H15Cl2N3O2S. The summed E-state index contributed by atoms with van der Waals surface area (Å²) < 4.78 is 5.56. The van der Waals surface area contributed by atoms with Crippen molar-refractivity contribution in [3.05, 3.63) is 57.6 Å². The molecular weight excluding hydrogens is 393 g/mol. The van der Waals surface area contributed by atoms with Crippen LogP contribution < -0.4 is 5.32 Å². The highest BCUT2D eigenvalue weighted by Crippen LogP contribution is 2.31. The van der Waals surface area contributed by atoms with Gasteiger partial charge in [0.25, 0.3) is 5.22 Å². The Morgan fingerprint density at radius 2 is 1.92 bits per heavy atom. The van der Waals surface area contributed by atoms with Crippen molar-refractivity contribution in [2.75, 3.05) is 11.1 Å². The van der Waals surface area contributed by atoms with E-state index in [-0.39, 0.29) is 17.6 Å². The maximum absolute atomic E-state index is 12.1. The molecule has 0 bridgehead atoms. The minimum atomic E-state index is -0.150. The second-order valence-electron chi connectivity index (χ2n) is 5.63. The first kappa shape index (κ1) is 18.8. The van der Waals surface area contributed by atoms with E-state index in [9.17, 15) is 4.79 Å². The van der Waals surface area contributed by atoms with Crippen LogP contribution in [0.25, 0.3) is 11.5 Å². The number of benzene rings is 2. The molecule has 0 aliphatic carbocycles. The Kier molecular flexibility index (Phi) is 5.86. The minimum Gasteiger partial charge on any atom is -0.411 e. The molecule has 0 unspecified atom stereocenters. The zero-order valence-corrected chi connectivity index (χ0v) is 16.4. The first-order chi connectivity index (χ1) is 12.4. The highest BCUT2D eigenvalue weighted by Gasteiger charge is 2.14. The summed E-state index contributed by atoms with van der Waals surface area (Å²) in [5.74, 6) is 0.286. The largest absolute Gasteiger partial charge is 0.411 e. The van der Waals surface area contributed by atoms with Crippen molar-refractivity contribution in [3.63, 3.8) is 0 Å². The number of hydrogen-bond donors (Lipinski definition) is 1. The Morgan fingerprint density at radius 3 is 2.65 bits per heavy atom. The highest BCUT2D eigenvalue weighted by atomic mass is 35.5. The van der Waals surface area contributed by atoms with Crippen LogP contribution in [0.4, 0.5) is 5.69 Å². The van der Waals surface area contributed by atoms with Crippen molar-refractivity contribution in [3.8, 4) is 11.5 Å². The predicted octanol–water partition coefficient (Wildman–Crippen LogP) is 5.39. The van der Waals surface area contributed by atoms with Crippen LogP contribution in [0.15, 0.2) is 46.0 Å². The number of nitrogens with one attached hydrogen (secondary N) is 1. The van der Waals surface area contributed by atoms with Crippen molar-refractivity contribution in [2.24, 2.45) is 0 Å². The Labute approximate surface area is 165 Å². The summed E-state index contributed by atoms with van der Waals surface area (Å²) in [5.41, 5.74) is 3.65. The predicted molar refractivity (Wildman–Crippen MR) is 105 cm³/mol. The van der Waals surface area contributed by atoms with Crippen LogP contribution in [0.1, 0.15) is 11.1 Å². The summed E-state index contributed by atoms with van der Waals surface area (Å²) in [4.78, 5) is 12.1. The molecule has 3 aromatic rings. The molecule has 134 valence electrons. The van der Waals surface area contributed by atoms with Gasteiger partial charge in [0, 0.05) is 10.7 Å². The summed E-state index contributed by atoms with van der Waals surface area (Å²) >= 11 is 13.2. The number of aromatic nitrogens is 2. The van der Waals surface area contributed by atoms with E-state index in [1.54, 1.807) is 18.2 Å². The molecule has 0 aliphatic heterocycles. The third-order valence-electron chi connectivity index (χ3n) is 3.69. The summed E-state index contributed by atoms with van der Waals surface area (Å²) in [7, 11) is 0. The summed E-state index contributed by atoms with van der Waals surface area (Å²) in [5, 5.41) is 12.0. The maximum atomic E-state index is 12.1. The molecule has 0 atom stereocenters. The van der Waals surface area contributed by atoms with E-state index in [4.69, 9.17) is 27.6 Å². The zero-order chi connectivity index (χ0) is 18.7. The van der Waals surface area contributed by atoms with E-state index in [2.05, 4.69) is 15.5 Å². The van der Waals surface area contributed by atoms with Gasteiger partial charge in [-0.1, -0.05) is 41.0 Å². The average molecular weight is 408 g/mol. The van der Waals surface area contributed by atoms with Gasteiger partial charge < -0.3 is 9.73 Å². The van der Waals surface area contributed by atoms with E-state index in [0.717, 1.165) is 23.0 Å². The van der Waals surface area contributed by atoms with Gasteiger partial charge in [-0.25, -0.2) is 0 Å². The number of rotatable bonds is 5. The van der Waals surface area contributed by atoms with Crippen LogP contribution in [0.2, 0.25) is 10.0 Å². The number of carbonyl (C=O) groups is 1. The van der Waals surface area contributed by atoms with Gasteiger partial charge in [-0.15, -0.1) is 10.2 Å². The molecule has 0 saturated heterocycles. The van der Waals surface area contributed by atoms with Gasteiger partial charge in [0.1, 0.15) is 0 Å². The molecule has 0 radical (unpaired) electrons. The molecule has 0 fully saturated rings. The van der Waals surface area contributed by atoms with Crippen LogP contribution in [0, 0.1) is 13.8 Å². The van der Waals surface area contributed by atoms with Gasteiger partial charge in [-0.3, -0.25) is 4.79 Å². The van der Waals surface area contributed by atoms with Gasteiger partial charge >= 0.3 is 0 Å². The van der Waals surface area contributed by atoms with Crippen molar-refractivity contribution < 1.29 is 9.21 Å². The number of carbonyl (C=O) groups excluding carboxylic acids is 1. The third kappa shape index (κ3) is 4.58. The molecule has 1 aromatic heterocycles. The fourth-order valence-corrected chi connectivity index (χ4v) is 3.24. The highest BCUT2D eigenvalue weighted by molar-refractivity contribution is 7.99. The molecule has 1 N–H and O–H groups in total. The Bertz CT molecular complexity index is 959. The van der Waals surface area contributed by atoms with Crippen LogP contribution in [0.5, 0.6) is 0 Å². The molecule has 0 aliphatic rings. The Morgan fingerprint density at radius 1 is 1.12 bits per heavy atom. The van der Waals surface area contributed by atoms with E-state index in [0.29, 0.717) is 20.8 Å². The number of anilines is 1. The van der Waals surface area contributed by atoms with E-state index >= 15 is 0 Å². The fourth-order valence-electron chi connectivity index (χ4n) is 2.18. The quantitative estimate of drug-likeness (QED) is 0.574. The van der Waals surface area contributed by atoms with Crippen LogP contribution >= 0.6 is 35.0 Å². The van der Waals surface area contributed by atoms with E-state index < -0.39 is 0 Å². The Balaban J connectivity index is 1.60. The lowest BCUT2D eigenvalue weighted by atomic mass is 10.1. The summed E-state index contributed by atoms with van der Waals surface area (Å²) in [6.07, 6.45) is 0. The number of halogens is 2. The molecule has 1 heterocycles. The molecule has 3 rings (SSSR count). The molecule has 0 saturated carbocycles. The van der Waals surface area contributed by atoms with Crippen molar-refractivity contribution in [2.45, 2.75) is 19.1 Å². The second kappa shape index (κ2) is 8.12. The van der Waals surface area contributed by atoms with Crippen LogP contribution in [-0.4, -0.2) is 21.9 Å². The maximum Gasteiger partial charge on any atom is 0.277 e. The number of hydrogen-bond acceptors (Lipinski definition) is 5. The van der Waals surface area contributed by atoms with Gasteiger partial charge in [0.15, 0.2) is 0 Å². The lowest BCUT2D eigenvalue weighted by molar-refractivity contribution is -0.113. The van der Waals surface area contributed by atoms with Crippen molar-refractivity contribution >= 4 is 46.6 Å².